The van der Waals surface area contributed by atoms with Gasteiger partial charge >= 0.3 is 0 Å². The van der Waals surface area contributed by atoms with Crippen LogP contribution in [0.15, 0.2) is 24.4 Å². The van der Waals surface area contributed by atoms with Crippen molar-refractivity contribution in [2.45, 2.75) is 13.8 Å². The van der Waals surface area contributed by atoms with Gasteiger partial charge < -0.3 is 0 Å². The van der Waals surface area contributed by atoms with E-state index in [1.54, 1.807) is 0 Å². The second-order valence-corrected chi connectivity index (χ2v) is 3.93. The summed E-state index contributed by atoms with van der Waals surface area (Å²) >= 11 is 1.05. The summed E-state index contributed by atoms with van der Waals surface area (Å²) in [7, 11) is 0. The second kappa shape index (κ2) is 3.90. The molecule has 0 aliphatic heterocycles. The number of aryl methyl sites for hydroxylation is 1. The Bertz CT molecular complexity index is 491. The molecule has 0 saturated heterocycles. The average Bonchev–Trinajstić information content (AvgIpc) is 2.74. The van der Waals surface area contributed by atoms with Gasteiger partial charge in [0.05, 0.1) is 17.9 Å². The van der Waals surface area contributed by atoms with Crippen molar-refractivity contribution in [3.05, 3.63) is 46.8 Å². The number of nitrogens with zero attached hydrogens (tertiary/aromatic N) is 2. The van der Waals surface area contributed by atoms with E-state index in [4.69, 9.17) is 0 Å². The van der Waals surface area contributed by atoms with E-state index in [9.17, 15) is 4.79 Å². The van der Waals surface area contributed by atoms with Crippen LogP contribution >= 0.6 is 11.7 Å². The van der Waals surface area contributed by atoms with E-state index in [0.717, 1.165) is 22.9 Å². The largest absolute Gasteiger partial charge is 0.287 e. The Labute approximate surface area is 92.1 Å². The van der Waals surface area contributed by atoms with Crippen LogP contribution in [0.3, 0.4) is 0 Å². The third-order valence-corrected chi connectivity index (χ3v) is 2.92. The molecule has 15 heavy (non-hydrogen) atoms. The maximum absolute atomic E-state index is 12.0. The number of hydrogen-bond donors (Lipinski definition) is 0. The second-order valence-electron chi connectivity index (χ2n) is 3.37. The van der Waals surface area contributed by atoms with E-state index in [2.05, 4.69) is 8.75 Å². The van der Waals surface area contributed by atoms with Gasteiger partial charge in [-0.05, 0) is 25.0 Å². The van der Waals surface area contributed by atoms with Crippen molar-refractivity contribution in [1.82, 2.24) is 8.75 Å². The van der Waals surface area contributed by atoms with E-state index in [1.165, 1.54) is 6.20 Å². The zero-order valence-electron chi connectivity index (χ0n) is 8.52. The highest BCUT2D eigenvalue weighted by molar-refractivity contribution is 6.99. The smallest absolute Gasteiger partial charge is 0.214 e. The summed E-state index contributed by atoms with van der Waals surface area (Å²) in [5.74, 6) is -0.0510. The van der Waals surface area contributed by atoms with Gasteiger partial charge in [-0.15, -0.1) is 0 Å². The summed E-state index contributed by atoms with van der Waals surface area (Å²) in [4.78, 5) is 12.0. The Morgan fingerprint density at radius 2 is 2.13 bits per heavy atom. The maximum Gasteiger partial charge on any atom is 0.214 e. The van der Waals surface area contributed by atoms with Gasteiger partial charge in [0, 0.05) is 5.56 Å². The highest BCUT2D eigenvalue weighted by Gasteiger charge is 2.14. The quantitative estimate of drug-likeness (QED) is 0.727. The normalized spacial score (nSPS) is 10.3. The van der Waals surface area contributed by atoms with Crippen molar-refractivity contribution in [3.63, 3.8) is 0 Å². The summed E-state index contributed by atoms with van der Waals surface area (Å²) in [6.45, 7) is 3.94. The van der Waals surface area contributed by atoms with E-state index < -0.39 is 0 Å². The van der Waals surface area contributed by atoms with Gasteiger partial charge in [0.15, 0.2) is 0 Å². The zero-order valence-corrected chi connectivity index (χ0v) is 9.34. The van der Waals surface area contributed by atoms with Crippen molar-refractivity contribution in [1.29, 1.82) is 0 Å². The lowest BCUT2D eigenvalue weighted by Gasteiger charge is -2.05. The molecule has 1 aromatic heterocycles. The number of carbonyl (C=O) groups is 1. The van der Waals surface area contributed by atoms with Crippen LogP contribution in [0.1, 0.15) is 27.2 Å². The maximum atomic E-state index is 12.0. The van der Waals surface area contributed by atoms with Crippen LogP contribution in [-0.4, -0.2) is 14.5 Å². The van der Waals surface area contributed by atoms with Crippen LogP contribution in [0, 0.1) is 13.8 Å². The molecule has 0 aliphatic rings. The molecule has 1 heterocycles. The van der Waals surface area contributed by atoms with Crippen LogP contribution in [-0.2, 0) is 0 Å². The van der Waals surface area contributed by atoms with Gasteiger partial charge in [-0.2, -0.15) is 8.75 Å². The fourth-order valence-electron chi connectivity index (χ4n) is 1.40. The fraction of sp³-hybridized carbons (Fsp3) is 0.182. The summed E-state index contributed by atoms with van der Waals surface area (Å²) in [5.41, 5.74) is 3.26. The van der Waals surface area contributed by atoms with Crippen LogP contribution < -0.4 is 0 Å². The van der Waals surface area contributed by atoms with Gasteiger partial charge in [0.2, 0.25) is 5.78 Å². The Morgan fingerprint density at radius 1 is 1.33 bits per heavy atom. The van der Waals surface area contributed by atoms with E-state index in [0.29, 0.717) is 11.3 Å². The molecule has 0 saturated carbocycles. The first kappa shape index (κ1) is 9.98. The zero-order chi connectivity index (χ0) is 10.8. The number of ketones is 1. The minimum Gasteiger partial charge on any atom is -0.287 e. The van der Waals surface area contributed by atoms with Gasteiger partial charge in [-0.1, -0.05) is 18.2 Å². The lowest BCUT2D eigenvalue weighted by Crippen LogP contribution is -2.04. The molecule has 0 amide bonds. The highest BCUT2D eigenvalue weighted by Crippen LogP contribution is 2.16. The summed E-state index contributed by atoms with van der Waals surface area (Å²) in [6, 6.07) is 5.70. The first-order valence-electron chi connectivity index (χ1n) is 4.58. The molecule has 1 aromatic carbocycles. The Kier molecular flexibility index (Phi) is 2.60. The van der Waals surface area contributed by atoms with Crippen LogP contribution in [0.2, 0.25) is 0 Å². The van der Waals surface area contributed by atoms with Crippen molar-refractivity contribution in [2.24, 2.45) is 0 Å². The summed E-state index contributed by atoms with van der Waals surface area (Å²) in [5, 5.41) is 0. The fourth-order valence-corrected chi connectivity index (χ4v) is 1.81. The lowest BCUT2D eigenvalue weighted by molar-refractivity contribution is 0.103. The molecule has 2 rings (SSSR count). The molecule has 3 nitrogen and oxygen atoms in total. The predicted molar refractivity (Wildman–Crippen MR) is 59.3 cm³/mol. The topological polar surface area (TPSA) is 42.9 Å². The lowest BCUT2D eigenvalue weighted by atomic mass is 9.99. The third-order valence-electron chi connectivity index (χ3n) is 2.44. The molecule has 0 unspecified atom stereocenters. The van der Waals surface area contributed by atoms with Crippen molar-refractivity contribution >= 4 is 17.5 Å². The SMILES string of the molecule is Cc1cccc(C(=O)c2cnsn2)c1C. The molecule has 76 valence electrons. The van der Waals surface area contributed by atoms with Crippen LogP contribution in [0.25, 0.3) is 0 Å². The van der Waals surface area contributed by atoms with E-state index in [-0.39, 0.29) is 5.78 Å². The van der Waals surface area contributed by atoms with Gasteiger partial charge in [0.25, 0.3) is 0 Å². The Morgan fingerprint density at radius 3 is 2.80 bits per heavy atom. The van der Waals surface area contributed by atoms with Crippen molar-refractivity contribution < 1.29 is 4.79 Å². The first-order valence-corrected chi connectivity index (χ1v) is 5.31. The molecular weight excluding hydrogens is 208 g/mol. The molecule has 4 heteroatoms. The minimum atomic E-state index is -0.0510. The number of rotatable bonds is 2. The van der Waals surface area contributed by atoms with E-state index >= 15 is 0 Å². The van der Waals surface area contributed by atoms with Crippen molar-refractivity contribution in [2.75, 3.05) is 0 Å². The molecular formula is C11H10N2OS. The molecule has 0 atom stereocenters. The average molecular weight is 218 g/mol. The highest BCUT2D eigenvalue weighted by atomic mass is 32.1. The third kappa shape index (κ3) is 1.80. The first-order chi connectivity index (χ1) is 7.20. The number of aromatic nitrogens is 2. The van der Waals surface area contributed by atoms with Crippen molar-refractivity contribution in [3.8, 4) is 0 Å². The molecule has 0 fully saturated rings. The van der Waals surface area contributed by atoms with Gasteiger partial charge in [0.1, 0.15) is 5.69 Å². The van der Waals surface area contributed by atoms with Gasteiger partial charge in [-0.3, -0.25) is 4.79 Å². The molecule has 0 bridgehead atoms. The monoisotopic (exact) mass is 218 g/mol. The molecule has 0 aliphatic carbocycles. The molecule has 0 spiro atoms. The minimum absolute atomic E-state index is 0.0510. The summed E-state index contributed by atoms with van der Waals surface area (Å²) < 4.78 is 7.77. The number of benzene rings is 1. The number of hydrogen-bond acceptors (Lipinski definition) is 4. The number of carbonyl (C=O) groups excluding carboxylic acids is 1. The molecule has 2 aromatic rings. The van der Waals surface area contributed by atoms with Crippen LogP contribution in [0.5, 0.6) is 0 Å². The van der Waals surface area contributed by atoms with Crippen LogP contribution in [0.4, 0.5) is 0 Å². The van der Waals surface area contributed by atoms with E-state index in [1.807, 2.05) is 32.0 Å². The van der Waals surface area contributed by atoms with Gasteiger partial charge in [-0.25, -0.2) is 0 Å². The Balaban J connectivity index is 2.47. The Hall–Kier alpha value is -1.55. The summed E-state index contributed by atoms with van der Waals surface area (Å²) in [6.07, 6.45) is 1.51. The molecule has 0 radical (unpaired) electrons. The predicted octanol–water partition coefficient (Wildman–Crippen LogP) is 2.39. The standard InChI is InChI=1S/C11H10N2OS/c1-7-4-3-5-9(8(7)2)11(14)10-6-12-15-13-10/h3-6H,1-2H3. The molecule has 0 N–H and O–H groups in total.